The van der Waals surface area contributed by atoms with Gasteiger partial charge in [0, 0.05) is 45.3 Å². The highest BCUT2D eigenvalue weighted by Crippen LogP contribution is 2.27. The molecule has 0 bridgehead atoms. The van der Waals surface area contributed by atoms with Gasteiger partial charge < -0.3 is 4.90 Å². The Labute approximate surface area is 165 Å². The first-order chi connectivity index (χ1) is 13.3. The zero-order valence-corrected chi connectivity index (χ0v) is 16.8. The van der Waals surface area contributed by atoms with Crippen LogP contribution in [0.5, 0.6) is 0 Å². The minimum absolute atomic E-state index is 0.0848. The molecule has 28 heavy (non-hydrogen) atoms. The minimum Gasteiger partial charge on any atom is -0.341 e. The van der Waals surface area contributed by atoms with E-state index in [1.165, 1.54) is 28.6 Å². The fourth-order valence-corrected chi connectivity index (χ4v) is 5.38. The summed E-state index contributed by atoms with van der Waals surface area (Å²) in [5, 5.41) is 11.2. The number of nitro benzene ring substituents is 1. The Morgan fingerprint density at radius 1 is 1.18 bits per heavy atom. The number of para-hydroxylation sites is 1. The number of benzene rings is 1. The standard InChI is InChI=1S/C18H26N4O5S/c1-15-5-4-8-20(13-15)18(23)14-19-9-11-21(12-10-19)28(26,27)17-7-3-2-6-16(17)22(24)25/h2-3,6-7,15H,4-5,8-14H2,1H3/t15-/m1/s1. The zero-order chi connectivity index (χ0) is 20.3. The summed E-state index contributed by atoms with van der Waals surface area (Å²) in [5.74, 6) is 0.600. The van der Waals surface area contributed by atoms with Gasteiger partial charge in [-0.3, -0.25) is 19.8 Å². The van der Waals surface area contributed by atoms with Crippen molar-refractivity contribution >= 4 is 21.6 Å². The monoisotopic (exact) mass is 410 g/mol. The number of amides is 1. The Balaban J connectivity index is 1.60. The summed E-state index contributed by atoms with van der Waals surface area (Å²) < 4.78 is 27.0. The van der Waals surface area contributed by atoms with Gasteiger partial charge >= 0.3 is 0 Å². The van der Waals surface area contributed by atoms with Crippen LogP contribution in [0.4, 0.5) is 5.69 Å². The lowest BCUT2D eigenvalue weighted by molar-refractivity contribution is -0.387. The van der Waals surface area contributed by atoms with Crippen molar-refractivity contribution in [3.8, 4) is 0 Å². The van der Waals surface area contributed by atoms with Crippen LogP contribution in [0.2, 0.25) is 0 Å². The lowest BCUT2D eigenvalue weighted by atomic mass is 10.0. The van der Waals surface area contributed by atoms with E-state index in [-0.39, 0.29) is 30.4 Å². The topological polar surface area (TPSA) is 104 Å². The van der Waals surface area contributed by atoms with E-state index in [0.29, 0.717) is 19.0 Å². The third kappa shape index (κ3) is 4.50. The van der Waals surface area contributed by atoms with Crippen LogP contribution in [0, 0.1) is 16.0 Å². The molecule has 0 spiro atoms. The molecular formula is C18H26N4O5S. The number of carbonyl (C=O) groups excluding carboxylic acids is 1. The Bertz CT molecular complexity index is 836. The van der Waals surface area contributed by atoms with Crippen LogP contribution in [-0.2, 0) is 14.8 Å². The fourth-order valence-electron chi connectivity index (χ4n) is 3.80. The van der Waals surface area contributed by atoms with Crippen molar-refractivity contribution in [3.05, 3.63) is 34.4 Å². The highest BCUT2D eigenvalue weighted by Gasteiger charge is 2.34. The zero-order valence-electron chi connectivity index (χ0n) is 16.0. The van der Waals surface area contributed by atoms with Gasteiger partial charge in [0.25, 0.3) is 5.69 Å². The number of hydrogen-bond donors (Lipinski definition) is 0. The summed E-state index contributed by atoms with van der Waals surface area (Å²) >= 11 is 0. The second-order valence-corrected chi connectivity index (χ2v) is 9.40. The molecule has 0 aromatic heterocycles. The Kier molecular flexibility index (Phi) is 6.31. The fraction of sp³-hybridized carbons (Fsp3) is 0.611. The number of rotatable bonds is 5. The van der Waals surface area contributed by atoms with E-state index in [1.807, 2.05) is 9.80 Å². The molecule has 1 atom stereocenters. The third-order valence-corrected chi connectivity index (χ3v) is 7.33. The second-order valence-electron chi connectivity index (χ2n) is 7.49. The van der Waals surface area contributed by atoms with Crippen LogP contribution in [0.3, 0.4) is 0 Å². The molecule has 3 rings (SSSR count). The van der Waals surface area contributed by atoms with E-state index >= 15 is 0 Å². The van der Waals surface area contributed by atoms with Gasteiger partial charge in [-0.15, -0.1) is 0 Å². The lowest BCUT2D eigenvalue weighted by Gasteiger charge is -2.36. The SMILES string of the molecule is C[C@@H]1CCCN(C(=O)CN2CCN(S(=O)(=O)c3ccccc3[N+](=O)[O-])CC2)C1. The Hall–Kier alpha value is -2.04. The summed E-state index contributed by atoms with van der Waals surface area (Å²) in [6.07, 6.45) is 2.17. The first-order valence-corrected chi connectivity index (χ1v) is 11.0. The Morgan fingerprint density at radius 2 is 1.86 bits per heavy atom. The summed E-state index contributed by atoms with van der Waals surface area (Å²) in [4.78, 5) is 26.6. The smallest absolute Gasteiger partial charge is 0.289 e. The molecular weight excluding hydrogens is 384 g/mol. The van der Waals surface area contributed by atoms with Crippen LogP contribution >= 0.6 is 0 Å². The van der Waals surface area contributed by atoms with Gasteiger partial charge in [-0.2, -0.15) is 4.31 Å². The highest BCUT2D eigenvalue weighted by molar-refractivity contribution is 7.89. The average molecular weight is 410 g/mol. The van der Waals surface area contributed by atoms with E-state index in [1.54, 1.807) is 0 Å². The van der Waals surface area contributed by atoms with Gasteiger partial charge in [0.1, 0.15) is 0 Å². The van der Waals surface area contributed by atoms with Crippen molar-refractivity contribution in [2.24, 2.45) is 5.92 Å². The van der Waals surface area contributed by atoms with Crippen LogP contribution in [0.1, 0.15) is 19.8 Å². The van der Waals surface area contributed by atoms with Gasteiger partial charge in [0.05, 0.1) is 11.5 Å². The number of hydrogen-bond acceptors (Lipinski definition) is 6. The molecule has 2 saturated heterocycles. The van der Waals surface area contributed by atoms with Crippen molar-refractivity contribution in [2.45, 2.75) is 24.7 Å². The van der Waals surface area contributed by atoms with Crippen LogP contribution in [0.25, 0.3) is 0 Å². The highest BCUT2D eigenvalue weighted by atomic mass is 32.2. The molecule has 0 unspecified atom stereocenters. The van der Waals surface area contributed by atoms with Gasteiger partial charge in [-0.25, -0.2) is 8.42 Å². The maximum Gasteiger partial charge on any atom is 0.289 e. The molecule has 1 amide bonds. The molecule has 0 saturated carbocycles. The summed E-state index contributed by atoms with van der Waals surface area (Å²) in [7, 11) is -3.95. The number of piperazine rings is 1. The predicted octanol–water partition coefficient (Wildman–Crippen LogP) is 1.16. The van der Waals surface area contributed by atoms with Crippen molar-refractivity contribution in [1.29, 1.82) is 0 Å². The molecule has 9 nitrogen and oxygen atoms in total. The van der Waals surface area contributed by atoms with E-state index in [2.05, 4.69) is 6.92 Å². The first-order valence-electron chi connectivity index (χ1n) is 9.52. The number of sulfonamides is 1. The quantitative estimate of drug-likeness (QED) is 0.533. The number of nitrogens with zero attached hydrogens (tertiary/aromatic N) is 4. The van der Waals surface area contributed by atoms with Crippen molar-refractivity contribution in [3.63, 3.8) is 0 Å². The largest absolute Gasteiger partial charge is 0.341 e. The van der Waals surface area contributed by atoms with Crippen molar-refractivity contribution in [1.82, 2.24) is 14.1 Å². The first kappa shape index (κ1) is 20.7. The summed E-state index contributed by atoms with van der Waals surface area (Å²) in [6.45, 7) is 5.26. The normalized spacial score (nSPS) is 22.2. The second kappa shape index (κ2) is 8.54. The molecule has 2 fully saturated rings. The number of nitro groups is 1. The molecule has 2 aliphatic rings. The Morgan fingerprint density at radius 3 is 2.50 bits per heavy atom. The van der Waals surface area contributed by atoms with E-state index in [9.17, 15) is 23.3 Å². The molecule has 2 aliphatic heterocycles. The summed E-state index contributed by atoms with van der Waals surface area (Å²) in [6, 6.07) is 5.39. The number of likely N-dealkylation sites (tertiary alicyclic amines) is 1. The van der Waals surface area contributed by atoms with Crippen LogP contribution in [0.15, 0.2) is 29.2 Å². The molecule has 1 aromatic carbocycles. The average Bonchev–Trinajstić information content (AvgIpc) is 2.68. The van der Waals surface area contributed by atoms with Gasteiger partial charge in [-0.1, -0.05) is 19.1 Å². The van der Waals surface area contributed by atoms with Gasteiger partial charge in [-0.05, 0) is 24.8 Å². The third-order valence-electron chi connectivity index (χ3n) is 5.38. The molecule has 154 valence electrons. The molecule has 0 radical (unpaired) electrons. The summed E-state index contributed by atoms with van der Waals surface area (Å²) in [5.41, 5.74) is -0.417. The molecule has 10 heteroatoms. The molecule has 1 aromatic rings. The van der Waals surface area contributed by atoms with E-state index < -0.39 is 20.6 Å². The number of piperidine rings is 1. The maximum absolute atomic E-state index is 12.9. The molecule has 2 heterocycles. The van der Waals surface area contributed by atoms with Crippen LogP contribution in [-0.4, -0.2) is 79.2 Å². The van der Waals surface area contributed by atoms with Gasteiger partial charge in [0.15, 0.2) is 4.90 Å². The van der Waals surface area contributed by atoms with E-state index in [0.717, 1.165) is 25.9 Å². The number of carbonyl (C=O) groups is 1. The van der Waals surface area contributed by atoms with E-state index in [4.69, 9.17) is 0 Å². The van der Waals surface area contributed by atoms with Crippen LogP contribution < -0.4 is 0 Å². The molecule has 0 N–H and O–H groups in total. The van der Waals surface area contributed by atoms with Gasteiger partial charge in [0.2, 0.25) is 15.9 Å². The molecule has 0 aliphatic carbocycles. The predicted molar refractivity (Wildman–Crippen MR) is 103 cm³/mol. The lowest BCUT2D eigenvalue weighted by Crippen LogP contribution is -2.52. The maximum atomic E-state index is 12.9. The minimum atomic E-state index is -3.95. The van der Waals surface area contributed by atoms with Crippen molar-refractivity contribution < 1.29 is 18.1 Å². The van der Waals surface area contributed by atoms with Crippen molar-refractivity contribution in [2.75, 3.05) is 45.8 Å².